The monoisotopic (exact) mass is 190 g/mol. The summed E-state index contributed by atoms with van der Waals surface area (Å²) in [4.78, 5) is 11.1. The summed E-state index contributed by atoms with van der Waals surface area (Å²) in [5, 5.41) is 2.70. The van der Waals surface area contributed by atoms with E-state index in [1.165, 1.54) is 6.08 Å². The molecule has 1 aromatic carbocycles. The predicted octanol–water partition coefficient (Wildman–Crippen LogP) is 1.58. The van der Waals surface area contributed by atoms with E-state index in [1.807, 2.05) is 25.1 Å². The van der Waals surface area contributed by atoms with Crippen molar-refractivity contribution in [2.75, 3.05) is 5.32 Å². The minimum Gasteiger partial charge on any atom is -0.326 e. The smallest absolute Gasteiger partial charge is 0.247 e. The second-order valence-electron chi connectivity index (χ2n) is 3.06. The summed E-state index contributed by atoms with van der Waals surface area (Å²) < 4.78 is 0. The van der Waals surface area contributed by atoms with Crippen molar-refractivity contribution >= 4 is 11.6 Å². The summed E-state index contributed by atoms with van der Waals surface area (Å²) in [7, 11) is 0. The lowest BCUT2D eigenvalue weighted by Crippen LogP contribution is -2.11. The first kappa shape index (κ1) is 10.5. The number of amides is 1. The molecule has 0 atom stereocenters. The van der Waals surface area contributed by atoms with Crippen LogP contribution in [0.2, 0.25) is 0 Å². The van der Waals surface area contributed by atoms with E-state index in [9.17, 15) is 4.79 Å². The van der Waals surface area contributed by atoms with Crippen LogP contribution in [0, 0.1) is 6.92 Å². The van der Waals surface area contributed by atoms with E-state index in [2.05, 4.69) is 11.9 Å². The van der Waals surface area contributed by atoms with Crippen LogP contribution in [0.3, 0.4) is 0 Å². The second kappa shape index (κ2) is 4.58. The summed E-state index contributed by atoms with van der Waals surface area (Å²) in [5.74, 6) is -0.219. The van der Waals surface area contributed by atoms with E-state index in [0.29, 0.717) is 6.54 Å². The SMILES string of the molecule is C=CC(=O)Nc1ccc(C)cc1CN. The number of hydrogen-bond acceptors (Lipinski definition) is 2. The molecule has 0 radical (unpaired) electrons. The fourth-order valence-electron chi connectivity index (χ4n) is 1.20. The van der Waals surface area contributed by atoms with Gasteiger partial charge in [0, 0.05) is 12.2 Å². The molecular formula is C11H14N2O. The van der Waals surface area contributed by atoms with Crippen molar-refractivity contribution in [3.8, 4) is 0 Å². The van der Waals surface area contributed by atoms with Gasteiger partial charge >= 0.3 is 0 Å². The first-order chi connectivity index (χ1) is 6.67. The Balaban J connectivity index is 2.96. The predicted molar refractivity (Wildman–Crippen MR) is 57.9 cm³/mol. The Morgan fingerprint density at radius 1 is 1.64 bits per heavy atom. The van der Waals surface area contributed by atoms with Crippen molar-refractivity contribution in [1.29, 1.82) is 0 Å². The molecule has 0 unspecified atom stereocenters. The van der Waals surface area contributed by atoms with Crippen LogP contribution in [0.5, 0.6) is 0 Å². The maximum atomic E-state index is 11.1. The van der Waals surface area contributed by atoms with Gasteiger partial charge in [-0.25, -0.2) is 0 Å². The number of nitrogens with one attached hydrogen (secondary N) is 1. The van der Waals surface area contributed by atoms with Crippen LogP contribution in [0.25, 0.3) is 0 Å². The number of aryl methyl sites for hydroxylation is 1. The topological polar surface area (TPSA) is 55.1 Å². The molecule has 0 saturated heterocycles. The average Bonchev–Trinajstić information content (AvgIpc) is 2.20. The van der Waals surface area contributed by atoms with Crippen LogP contribution in [-0.2, 0) is 11.3 Å². The third-order valence-corrected chi connectivity index (χ3v) is 1.92. The van der Waals surface area contributed by atoms with Crippen molar-refractivity contribution in [2.24, 2.45) is 5.73 Å². The third kappa shape index (κ3) is 2.44. The molecule has 1 aromatic rings. The summed E-state index contributed by atoms with van der Waals surface area (Å²) in [6.07, 6.45) is 1.24. The molecular weight excluding hydrogens is 176 g/mol. The number of anilines is 1. The molecule has 3 N–H and O–H groups in total. The highest BCUT2D eigenvalue weighted by Gasteiger charge is 2.02. The lowest BCUT2D eigenvalue weighted by Gasteiger charge is -2.08. The van der Waals surface area contributed by atoms with Gasteiger partial charge in [-0.05, 0) is 24.6 Å². The molecule has 0 spiro atoms. The summed E-state index contributed by atoms with van der Waals surface area (Å²) >= 11 is 0. The number of carbonyl (C=O) groups excluding carboxylic acids is 1. The molecule has 0 aromatic heterocycles. The molecule has 0 bridgehead atoms. The normalized spacial score (nSPS) is 9.57. The number of nitrogens with two attached hydrogens (primary N) is 1. The zero-order chi connectivity index (χ0) is 10.6. The summed E-state index contributed by atoms with van der Waals surface area (Å²) in [6, 6.07) is 5.73. The van der Waals surface area contributed by atoms with Gasteiger partial charge in [0.15, 0.2) is 0 Å². The Labute approximate surface area is 83.6 Å². The van der Waals surface area contributed by atoms with Crippen LogP contribution < -0.4 is 11.1 Å². The van der Waals surface area contributed by atoms with Crippen molar-refractivity contribution in [3.05, 3.63) is 42.0 Å². The molecule has 0 saturated carbocycles. The van der Waals surface area contributed by atoms with Gasteiger partial charge in [0.25, 0.3) is 0 Å². The molecule has 1 amide bonds. The molecule has 0 aliphatic heterocycles. The van der Waals surface area contributed by atoms with E-state index < -0.39 is 0 Å². The highest BCUT2D eigenvalue weighted by Crippen LogP contribution is 2.16. The van der Waals surface area contributed by atoms with Crippen LogP contribution in [0.15, 0.2) is 30.9 Å². The van der Waals surface area contributed by atoms with E-state index in [4.69, 9.17) is 5.73 Å². The fraction of sp³-hybridized carbons (Fsp3) is 0.182. The Bertz CT molecular complexity index is 358. The summed E-state index contributed by atoms with van der Waals surface area (Å²) in [6.45, 7) is 5.78. The standard InChI is InChI=1S/C11H14N2O/c1-3-11(14)13-10-5-4-8(2)6-9(10)7-12/h3-6H,1,7,12H2,2H3,(H,13,14). The molecule has 3 nitrogen and oxygen atoms in total. The van der Waals surface area contributed by atoms with Crippen LogP contribution >= 0.6 is 0 Å². The highest BCUT2D eigenvalue weighted by molar-refractivity contribution is 5.99. The number of benzene rings is 1. The fourth-order valence-corrected chi connectivity index (χ4v) is 1.20. The van der Waals surface area contributed by atoms with Gasteiger partial charge in [0.05, 0.1) is 0 Å². The van der Waals surface area contributed by atoms with E-state index in [1.54, 1.807) is 0 Å². The Morgan fingerprint density at radius 3 is 2.93 bits per heavy atom. The molecule has 0 heterocycles. The van der Waals surface area contributed by atoms with Crippen LogP contribution in [0.1, 0.15) is 11.1 Å². The van der Waals surface area contributed by atoms with Crippen LogP contribution in [0.4, 0.5) is 5.69 Å². The maximum absolute atomic E-state index is 11.1. The largest absolute Gasteiger partial charge is 0.326 e. The van der Waals surface area contributed by atoms with Gasteiger partial charge < -0.3 is 11.1 Å². The van der Waals surface area contributed by atoms with Crippen molar-refractivity contribution in [2.45, 2.75) is 13.5 Å². The Morgan fingerprint density at radius 2 is 2.36 bits per heavy atom. The van der Waals surface area contributed by atoms with E-state index in [0.717, 1.165) is 16.8 Å². The molecule has 3 heteroatoms. The molecule has 0 fully saturated rings. The molecule has 0 aliphatic rings. The molecule has 1 rings (SSSR count). The zero-order valence-electron chi connectivity index (χ0n) is 8.21. The molecule has 74 valence electrons. The lowest BCUT2D eigenvalue weighted by atomic mass is 10.1. The highest BCUT2D eigenvalue weighted by atomic mass is 16.1. The minimum absolute atomic E-state index is 0.219. The van der Waals surface area contributed by atoms with Gasteiger partial charge in [0.2, 0.25) is 5.91 Å². The Hall–Kier alpha value is -1.61. The number of carbonyl (C=O) groups is 1. The van der Waals surface area contributed by atoms with Gasteiger partial charge in [-0.15, -0.1) is 0 Å². The lowest BCUT2D eigenvalue weighted by molar-refractivity contribution is -0.111. The first-order valence-corrected chi connectivity index (χ1v) is 4.40. The number of hydrogen-bond donors (Lipinski definition) is 2. The average molecular weight is 190 g/mol. The zero-order valence-corrected chi connectivity index (χ0v) is 8.21. The summed E-state index contributed by atoms with van der Waals surface area (Å²) in [5.41, 5.74) is 8.37. The van der Waals surface area contributed by atoms with E-state index in [-0.39, 0.29) is 5.91 Å². The van der Waals surface area contributed by atoms with E-state index >= 15 is 0 Å². The molecule has 14 heavy (non-hydrogen) atoms. The molecule has 0 aliphatic carbocycles. The van der Waals surface area contributed by atoms with Crippen molar-refractivity contribution in [1.82, 2.24) is 0 Å². The first-order valence-electron chi connectivity index (χ1n) is 4.40. The Kier molecular flexibility index (Phi) is 3.42. The maximum Gasteiger partial charge on any atom is 0.247 e. The quantitative estimate of drug-likeness (QED) is 0.711. The van der Waals surface area contributed by atoms with Crippen molar-refractivity contribution < 1.29 is 4.79 Å². The van der Waals surface area contributed by atoms with Crippen molar-refractivity contribution in [3.63, 3.8) is 0 Å². The van der Waals surface area contributed by atoms with Gasteiger partial charge in [-0.1, -0.05) is 24.3 Å². The minimum atomic E-state index is -0.219. The van der Waals surface area contributed by atoms with Gasteiger partial charge in [-0.3, -0.25) is 4.79 Å². The number of rotatable bonds is 3. The van der Waals surface area contributed by atoms with Gasteiger partial charge in [0.1, 0.15) is 0 Å². The van der Waals surface area contributed by atoms with Gasteiger partial charge in [-0.2, -0.15) is 0 Å². The third-order valence-electron chi connectivity index (χ3n) is 1.92. The second-order valence-corrected chi connectivity index (χ2v) is 3.06. The van der Waals surface area contributed by atoms with Crippen LogP contribution in [-0.4, -0.2) is 5.91 Å².